The van der Waals surface area contributed by atoms with Gasteiger partial charge in [0.2, 0.25) is 0 Å². The quantitative estimate of drug-likeness (QED) is 0.514. The molecule has 13 heavy (non-hydrogen) atoms. The van der Waals surface area contributed by atoms with Crippen LogP contribution in [0.25, 0.3) is 0 Å². The van der Waals surface area contributed by atoms with Gasteiger partial charge in [-0.25, -0.2) is 4.79 Å². The summed E-state index contributed by atoms with van der Waals surface area (Å²) in [5.74, 6) is 0. The van der Waals surface area contributed by atoms with Crippen LogP contribution in [-0.4, -0.2) is 52.5 Å². The van der Waals surface area contributed by atoms with E-state index in [4.69, 9.17) is 10.2 Å². The Balaban J connectivity index is 2.15. The van der Waals surface area contributed by atoms with Gasteiger partial charge in [-0.1, -0.05) is 0 Å². The molecular formula is C8H14N2O3. The molecule has 0 spiro atoms. The Morgan fingerprint density at radius 1 is 1.54 bits per heavy atom. The van der Waals surface area contributed by atoms with Crippen molar-refractivity contribution >= 4 is 6.09 Å². The van der Waals surface area contributed by atoms with Crippen LogP contribution in [-0.2, 0) is 0 Å². The van der Waals surface area contributed by atoms with Crippen molar-refractivity contribution in [1.82, 2.24) is 10.2 Å². The Bertz CT molecular complexity index is 221. The summed E-state index contributed by atoms with van der Waals surface area (Å²) in [5, 5.41) is 21.1. The molecule has 5 nitrogen and oxygen atoms in total. The van der Waals surface area contributed by atoms with Crippen molar-refractivity contribution in [3.8, 4) is 0 Å². The third-order valence-electron chi connectivity index (χ3n) is 3.04. The van der Waals surface area contributed by atoms with E-state index < -0.39 is 6.09 Å². The fourth-order valence-corrected chi connectivity index (χ4v) is 2.42. The molecule has 2 saturated heterocycles. The molecule has 2 rings (SSSR count). The minimum Gasteiger partial charge on any atom is -0.465 e. The fraction of sp³-hybridized carbons (Fsp3) is 0.875. The molecule has 5 heteroatoms. The van der Waals surface area contributed by atoms with E-state index in [-0.39, 0.29) is 24.7 Å². The molecule has 3 atom stereocenters. The van der Waals surface area contributed by atoms with Gasteiger partial charge in [0, 0.05) is 12.6 Å². The molecule has 74 valence electrons. The maximum atomic E-state index is 10.9. The van der Waals surface area contributed by atoms with Crippen LogP contribution in [0.5, 0.6) is 0 Å². The number of fused-ring (bicyclic) bond motifs is 2. The Hall–Kier alpha value is -0.810. The molecule has 1 amide bonds. The zero-order chi connectivity index (χ0) is 9.42. The highest BCUT2D eigenvalue weighted by Gasteiger charge is 2.44. The second-order valence-electron chi connectivity index (χ2n) is 3.69. The molecule has 0 aromatic heterocycles. The maximum absolute atomic E-state index is 10.9. The molecule has 0 unspecified atom stereocenters. The highest BCUT2D eigenvalue weighted by molar-refractivity contribution is 5.66. The molecular weight excluding hydrogens is 172 g/mol. The maximum Gasteiger partial charge on any atom is 0.407 e. The van der Waals surface area contributed by atoms with Crippen molar-refractivity contribution in [3.05, 3.63) is 0 Å². The number of aliphatic hydroxyl groups is 1. The predicted molar refractivity (Wildman–Crippen MR) is 45.6 cm³/mol. The summed E-state index contributed by atoms with van der Waals surface area (Å²) < 4.78 is 0. The summed E-state index contributed by atoms with van der Waals surface area (Å²) in [6.45, 7) is 0.690. The van der Waals surface area contributed by atoms with Gasteiger partial charge in [-0.2, -0.15) is 0 Å². The Morgan fingerprint density at radius 2 is 2.31 bits per heavy atom. The lowest BCUT2D eigenvalue weighted by Gasteiger charge is -2.38. The zero-order valence-corrected chi connectivity index (χ0v) is 7.31. The summed E-state index contributed by atoms with van der Waals surface area (Å²) >= 11 is 0. The van der Waals surface area contributed by atoms with Gasteiger partial charge >= 0.3 is 6.09 Å². The van der Waals surface area contributed by atoms with Gasteiger partial charge < -0.3 is 15.5 Å². The van der Waals surface area contributed by atoms with Gasteiger partial charge in [0.05, 0.1) is 18.7 Å². The number of carboxylic acid groups (broad SMARTS) is 1. The molecule has 0 radical (unpaired) electrons. The van der Waals surface area contributed by atoms with Crippen LogP contribution < -0.4 is 5.32 Å². The highest BCUT2D eigenvalue weighted by atomic mass is 16.4. The first kappa shape index (κ1) is 8.77. The molecule has 2 fully saturated rings. The fourth-order valence-electron chi connectivity index (χ4n) is 2.42. The van der Waals surface area contributed by atoms with Crippen molar-refractivity contribution < 1.29 is 15.0 Å². The van der Waals surface area contributed by atoms with Crippen molar-refractivity contribution in [2.45, 2.75) is 31.0 Å². The minimum atomic E-state index is -0.854. The second-order valence-corrected chi connectivity index (χ2v) is 3.69. The molecule has 2 bridgehead atoms. The summed E-state index contributed by atoms with van der Waals surface area (Å²) in [5.41, 5.74) is 0. The third-order valence-corrected chi connectivity index (χ3v) is 3.04. The number of hydrogen-bond acceptors (Lipinski definition) is 3. The number of aliphatic hydroxyl groups excluding tert-OH is 1. The minimum absolute atomic E-state index is 0.0150. The summed E-state index contributed by atoms with van der Waals surface area (Å²) in [6, 6.07) is 0.0152. The second kappa shape index (κ2) is 3.16. The summed E-state index contributed by atoms with van der Waals surface area (Å²) in [6.07, 6.45) is 0.933. The van der Waals surface area contributed by atoms with Gasteiger partial charge in [-0.05, 0) is 12.8 Å². The zero-order valence-electron chi connectivity index (χ0n) is 7.31. The lowest BCUT2D eigenvalue weighted by Crippen LogP contribution is -2.60. The first-order chi connectivity index (χ1) is 6.24. The van der Waals surface area contributed by atoms with Crippen LogP contribution >= 0.6 is 0 Å². The van der Waals surface area contributed by atoms with E-state index in [1.165, 1.54) is 4.90 Å². The number of nitrogens with zero attached hydrogens (tertiary/aromatic N) is 1. The standard InChI is InChI=1S/C8H14N2O3/c11-4-6-7-2-1-5(3-9-6)10(7)8(12)13/h5-7,9,11H,1-4H2,(H,12,13)/t5-,6+,7-/m0/s1. The first-order valence-electron chi connectivity index (χ1n) is 4.59. The first-order valence-corrected chi connectivity index (χ1v) is 4.59. The average Bonchev–Trinajstić information content (AvgIpc) is 2.42. The number of rotatable bonds is 1. The van der Waals surface area contributed by atoms with E-state index in [0.717, 1.165) is 12.8 Å². The van der Waals surface area contributed by atoms with E-state index in [0.29, 0.717) is 6.54 Å². The molecule has 0 aromatic carbocycles. The van der Waals surface area contributed by atoms with E-state index in [1.807, 2.05) is 0 Å². The van der Waals surface area contributed by atoms with Crippen LogP contribution in [0, 0.1) is 0 Å². The Morgan fingerprint density at radius 3 is 2.92 bits per heavy atom. The summed E-state index contributed by atoms with van der Waals surface area (Å²) in [7, 11) is 0. The summed E-state index contributed by atoms with van der Waals surface area (Å²) in [4.78, 5) is 12.4. The average molecular weight is 186 g/mol. The molecule has 2 heterocycles. The van der Waals surface area contributed by atoms with Crippen LogP contribution in [0.4, 0.5) is 4.79 Å². The SMILES string of the molecule is O=C(O)N1[C@H]2CC[C@H]1[C@@H](CO)NC2. The lowest BCUT2D eigenvalue weighted by atomic mass is 10.1. The number of amides is 1. The number of piperazine rings is 1. The lowest BCUT2D eigenvalue weighted by molar-refractivity contribution is 0.0749. The van der Waals surface area contributed by atoms with Crippen LogP contribution in [0.3, 0.4) is 0 Å². The Kier molecular flexibility index (Phi) is 2.13. The van der Waals surface area contributed by atoms with Crippen LogP contribution in [0.2, 0.25) is 0 Å². The molecule has 0 aliphatic carbocycles. The number of nitrogens with one attached hydrogen (secondary N) is 1. The molecule has 0 aromatic rings. The normalized spacial score (nSPS) is 37.9. The van der Waals surface area contributed by atoms with E-state index in [2.05, 4.69) is 5.32 Å². The van der Waals surface area contributed by atoms with Gasteiger partial charge in [-0.15, -0.1) is 0 Å². The molecule has 0 saturated carbocycles. The van der Waals surface area contributed by atoms with Crippen LogP contribution in [0.15, 0.2) is 0 Å². The number of carbonyl (C=O) groups is 1. The third kappa shape index (κ3) is 1.28. The van der Waals surface area contributed by atoms with Crippen molar-refractivity contribution in [3.63, 3.8) is 0 Å². The van der Waals surface area contributed by atoms with Gasteiger partial charge in [0.1, 0.15) is 0 Å². The Labute approximate surface area is 76.3 Å². The van der Waals surface area contributed by atoms with Crippen molar-refractivity contribution in [1.29, 1.82) is 0 Å². The van der Waals surface area contributed by atoms with Gasteiger partial charge in [0.15, 0.2) is 0 Å². The smallest absolute Gasteiger partial charge is 0.407 e. The molecule has 2 aliphatic heterocycles. The van der Waals surface area contributed by atoms with Gasteiger partial charge in [0.25, 0.3) is 0 Å². The van der Waals surface area contributed by atoms with E-state index in [1.54, 1.807) is 0 Å². The van der Waals surface area contributed by atoms with Crippen LogP contribution in [0.1, 0.15) is 12.8 Å². The predicted octanol–water partition coefficient (Wildman–Crippen LogP) is -0.539. The van der Waals surface area contributed by atoms with Crippen molar-refractivity contribution in [2.75, 3.05) is 13.2 Å². The van der Waals surface area contributed by atoms with E-state index >= 15 is 0 Å². The topological polar surface area (TPSA) is 72.8 Å². The number of hydrogen-bond donors (Lipinski definition) is 3. The van der Waals surface area contributed by atoms with E-state index in [9.17, 15) is 4.79 Å². The molecule has 3 N–H and O–H groups in total. The molecule has 2 aliphatic rings. The monoisotopic (exact) mass is 186 g/mol. The highest BCUT2D eigenvalue weighted by Crippen LogP contribution is 2.29. The largest absolute Gasteiger partial charge is 0.465 e. The van der Waals surface area contributed by atoms with Gasteiger partial charge in [-0.3, -0.25) is 4.90 Å². The van der Waals surface area contributed by atoms with Crippen molar-refractivity contribution in [2.24, 2.45) is 0 Å².